The van der Waals surface area contributed by atoms with Crippen LogP contribution in [0.3, 0.4) is 0 Å². The monoisotopic (exact) mass is 150 g/mol. The van der Waals surface area contributed by atoms with Gasteiger partial charge in [-0.1, -0.05) is 13.8 Å². The molecule has 1 radical (unpaired) electrons. The summed E-state index contributed by atoms with van der Waals surface area (Å²) in [5.41, 5.74) is 1.14. The molecule has 0 aliphatic heterocycles. The lowest BCUT2D eigenvalue weighted by atomic mass is 10.1. The van der Waals surface area contributed by atoms with E-state index in [0.717, 1.165) is 5.56 Å². The van der Waals surface area contributed by atoms with Gasteiger partial charge in [-0.3, -0.25) is 0 Å². The summed E-state index contributed by atoms with van der Waals surface area (Å²) >= 11 is 0. The third-order valence-corrected chi connectivity index (χ3v) is 1.53. The number of hydrogen-bond donors (Lipinski definition) is 0. The summed E-state index contributed by atoms with van der Waals surface area (Å²) in [6.45, 7) is 4.23. The van der Waals surface area contributed by atoms with Crippen LogP contribution >= 0.6 is 0 Å². The Hall–Kier alpha value is -1.05. The fourth-order valence-electron chi connectivity index (χ4n) is 0.827. The molecule has 1 aromatic rings. The van der Waals surface area contributed by atoms with Gasteiger partial charge in [0, 0.05) is 18.3 Å². The van der Waals surface area contributed by atoms with Crippen LogP contribution < -0.4 is 4.74 Å². The van der Waals surface area contributed by atoms with Crippen molar-refractivity contribution in [2.24, 2.45) is 0 Å². The molecule has 2 nitrogen and oxygen atoms in total. The van der Waals surface area contributed by atoms with Gasteiger partial charge in [0.1, 0.15) is 0 Å². The number of aromatic nitrogens is 1. The number of pyridine rings is 1. The average molecular weight is 150 g/mol. The van der Waals surface area contributed by atoms with Gasteiger partial charge >= 0.3 is 0 Å². The van der Waals surface area contributed by atoms with E-state index in [9.17, 15) is 0 Å². The molecule has 0 fully saturated rings. The van der Waals surface area contributed by atoms with Crippen molar-refractivity contribution < 1.29 is 4.74 Å². The fourth-order valence-corrected chi connectivity index (χ4v) is 0.827. The van der Waals surface area contributed by atoms with E-state index in [-0.39, 0.29) is 0 Å². The normalized spacial score (nSPS) is 10.2. The Bertz CT molecular complexity index is 233. The van der Waals surface area contributed by atoms with Gasteiger partial charge in [0.25, 0.3) is 0 Å². The number of nitrogens with zero attached hydrogens (tertiary/aromatic N) is 1. The standard InChI is InChI=1S/C9H12NO/c1-7(2)8-4-5-10-9(6-8)11-3/h5-7H,1-3H3. The predicted octanol–water partition coefficient (Wildman–Crippen LogP) is 2.01. The SMILES string of the molecule is COc1cc(C(C)C)[c]cn1. The van der Waals surface area contributed by atoms with Crippen molar-refractivity contribution in [1.29, 1.82) is 0 Å². The summed E-state index contributed by atoms with van der Waals surface area (Å²) in [7, 11) is 1.62. The second-order valence-corrected chi connectivity index (χ2v) is 2.70. The van der Waals surface area contributed by atoms with Gasteiger partial charge < -0.3 is 4.74 Å². The highest BCUT2D eigenvalue weighted by Crippen LogP contribution is 2.16. The zero-order chi connectivity index (χ0) is 8.27. The molecule has 0 unspecified atom stereocenters. The van der Waals surface area contributed by atoms with E-state index in [1.165, 1.54) is 0 Å². The van der Waals surface area contributed by atoms with Crippen molar-refractivity contribution in [3.05, 3.63) is 23.9 Å². The summed E-state index contributed by atoms with van der Waals surface area (Å²) in [5.74, 6) is 1.14. The molecular weight excluding hydrogens is 138 g/mol. The number of hydrogen-bond acceptors (Lipinski definition) is 2. The van der Waals surface area contributed by atoms with E-state index in [1.807, 2.05) is 6.07 Å². The van der Waals surface area contributed by atoms with Crippen molar-refractivity contribution in [3.8, 4) is 5.88 Å². The summed E-state index contributed by atoms with van der Waals surface area (Å²) in [5, 5.41) is 0. The molecule has 1 rings (SSSR count). The lowest BCUT2D eigenvalue weighted by Crippen LogP contribution is -1.91. The summed E-state index contributed by atoms with van der Waals surface area (Å²) in [4.78, 5) is 3.96. The van der Waals surface area contributed by atoms with Crippen LogP contribution in [0.1, 0.15) is 25.3 Å². The van der Waals surface area contributed by atoms with Crippen LogP contribution in [-0.2, 0) is 0 Å². The second kappa shape index (κ2) is 3.37. The Morgan fingerprint density at radius 1 is 1.55 bits per heavy atom. The number of rotatable bonds is 2. The summed E-state index contributed by atoms with van der Waals surface area (Å²) in [6, 6.07) is 4.96. The van der Waals surface area contributed by atoms with Gasteiger partial charge in [-0.15, -0.1) is 0 Å². The molecule has 0 aliphatic rings. The highest BCUT2D eigenvalue weighted by atomic mass is 16.5. The highest BCUT2D eigenvalue weighted by molar-refractivity contribution is 5.21. The minimum atomic E-state index is 0.479. The van der Waals surface area contributed by atoms with E-state index >= 15 is 0 Å². The maximum Gasteiger partial charge on any atom is 0.213 e. The molecule has 0 amide bonds. The van der Waals surface area contributed by atoms with Crippen LogP contribution in [0.5, 0.6) is 5.88 Å². The van der Waals surface area contributed by atoms with Gasteiger partial charge in [-0.2, -0.15) is 0 Å². The van der Waals surface area contributed by atoms with Crippen LogP contribution in [0, 0.1) is 6.07 Å². The van der Waals surface area contributed by atoms with Crippen LogP contribution in [-0.4, -0.2) is 12.1 Å². The second-order valence-electron chi connectivity index (χ2n) is 2.70. The van der Waals surface area contributed by atoms with Crippen molar-refractivity contribution in [3.63, 3.8) is 0 Å². The molecule has 0 aliphatic carbocycles. The highest BCUT2D eigenvalue weighted by Gasteiger charge is 2.00. The Labute approximate surface area is 67.2 Å². The van der Waals surface area contributed by atoms with Crippen molar-refractivity contribution in [1.82, 2.24) is 4.98 Å². The molecular formula is C9H12NO. The zero-order valence-corrected chi connectivity index (χ0v) is 7.09. The molecule has 0 saturated heterocycles. The first-order chi connectivity index (χ1) is 5.24. The van der Waals surface area contributed by atoms with Gasteiger partial charge in [0.05, 0.1) is 7.11 Å². The maximum absolute atomic E-state index is 4.97. The van der Waals surface area contributed by atoms with Crippen LogP contribution in [0.2, 0.25) is 0 Å². The molecule has 1 heterocycles. The smallest absolute Gasteiger partial charge is 0.213 e. The maximum atomic E-state index is 4.97. The Morgan fingerprint density at radius 2 is 2.27 bits per heavy atom. The largest absolute Gasteiger partial charge is 0.481 e. The minimum absolute atomic E-state index is 0.479. The van der Waals surface area contributed by atoms with E-state index in [2.05, 4.69) is 24.9 Å². The van der Waals surface area contributed by atoms with E-state index < -0.39 is 0 Å². The lowest BCUT2D eigenvalue weighted by molar-refractivity contribution is 0.397. The predicted molar refractivity (Wildman–Crippen MR) is 43.7 cm³/mol. The number of ether oxygens (including phenoxy) is 1. The molecule has 0 N–H and O–H groups in total. The van der Waals surface area contributed by atoms with Crippen LogP contribution in [0.25, 0.3) is 0 Å². The Kier molecular flexibility index (Phi) is 2.47. The zero-order valence-electron chi connectivity index (χ0n) is 7.09. The molecule has 59 valence electrons. The van der Waals surface area contributed by atoms with Gasteiger partial charge in [-0.05, 0) is 11.5 Å². The van der Waals surface area contributed by atoms with Gasteiger partial charge in [0.15, 0.2) is 0 Å². The molecule has 0 aromatic carbocycles. The van der Waals surface area contributed by atoms with E-state index in [0.29, 0.717) is 11.8 Å². The first-order valence-corrected chi connectivity index (χ1v) is 3.65. The topological polar surface area (TPSA) is 22.1 Å². The number of methoxy groups -OCH3 is 1. The minimum Gasteiger partial charge on any atom is -0.481 e. The fraction of sp³-hybridized carbons (Fsp3) is 0.444. The van der Waals surface area contributed by atoms with E-state index in [4.69, 9.17) is 4.74 Å². The molecule has 0 saturated carbocycles. The average Bonchev–Trinajstić information content (AvgIpc) is 2.05. The molecule has 1 aromatic heterocycles. The summed E-state index contributed by atoms with van der Waals surface area (Å²) in [6.07, 6.45) is 1.65. The molecule has 0 spiro atoms. The van der Waals surface area contributed by atoms with Gasteiger partial charge in [-0.25, -0.2) is 4.98 Å². The molecule has 0 bridgehead atoms. The molecule has 11 heavy (non-hydrogen) atoms. The first kappa shape index (κ1) is 8.05. The van der Waals surface area contributed by atoms with Crippen LogP contribution in [0.4, 0.5) is 0 Å². The first-order valence-electron chi connectivity index (χ1n) is 3.65. The van der Waals surface area contributed by atoms with Gasteiger partial charge in [0.2, 0.25) is 5.88 Å². The van der Waals surface area contributed by atoms with E-state index in [1.54, 1.807) is 13.3 Å². The Morgan fingerprint density at radius 3 is 2.82 bits per heavy atom. The van der Waals surface area contributed by atoms with Crippen LogP contribution in [0.15, 0.2) is 12.3 Å². The lowest BCUT2D eigenvalue weighted by Gasteiger charge is -2.04. The molecule has 2 heteroatoms. The quantitative estimate of drug-likeness (QED) is 0.643. The third-order valence-electron chi connectivity index (χ3n) is 1.53. The summed E-state index contributed by atoms with van der Waals surface area (Å²) < 4.78 is 4.97. The van der Waals surface area contributed by atoms with Crippen molar-refractivity contribution in [2.45, 2.75) is 19.8 Å². The molecule has 0 atom stereocenters. The Balaban J connectivity index is 2.91. The van der Waals surface area contributed by atoms with Crippen molar-refractivity contribution in [2.75, 3.05) is 7.11 Å². The third kappa shape index (κ3) is 1.93. The van der Waals surface area contributed by atoms with Crippen molar-refractivity contribution >= 4 is 0 Å².